The molecule has 0 aliphatic heterocycles. The minimum atomic E-state index is -0.532. The summed E-state index contributed by atoms with van der Waals surface area (Å²) in [6.07, 6.45) is 0. The van der Waals surface area contributed by atoms with Crippen LogP contribution in [0.3, 0.4) is 0 Å². The van der Waals surface area contributed by atoms with E-state index in [1.54, 1.807) is 0 Å². The van der Waals surface area contributed by atoms with Crippen LogP contribution >= 0.6 is 0 Å². The van der Waals surface area contributed by atoms with Gasteiger partial charge in [-0.2, -0.15) is 0 Å². The second-order valence-electron chi connectivity index (χ2n) is 21.0. The van der Waals surface area contributed by atoms with Gasteiger partial charge in [0.25, 0.3) is 0 Å². The molecule has 0 saturated carbocycles. The van der Waals surface area contributed by atoms with Gasteiger partial charge < -0.3 is 9.13 Å². The molecule has 0 atom stereocenters. The third kappa shape index (κ3) is 5.74. The van der Waals surface area contributed by atoms with E-state index >= 15 is 0 Å². The maximum Gasteiger partial charge on any atom is 0.0731 e. The Morgan fingerprint density at radius 1 is 0.221 bits per heavy atom. The van der Waals surface area contributed by atoms with Gasteiger partial charge in [-0.1, -0.05) is 212 Å². The number of hydrogen-bond acceptors (Lipinski definition) is 0. The predicted molar refractivity (Wildman–Crippen MR) is 323 cm³/mol. The van der Waals surface area contributed by atoms with Gasteiger partial charge in [0.2, 0.25) is 0 Å². The summed E-state index contributed by atoms with van der Waals surface area (Å²) in [5.41, 5.74) is 24.5. The Hall–Kier alpha value is -10.0. The Morgan fingerprint density at radius 3 is 1.09 bits per heavy atom. The summed E-state index contributed by atoms with van der Waals surface area (Å²) in [6, 6.07) is 105. The summed E-state index contributed by atoms with van der Waals surface area (Å²) < 4.78 is 4.82. The van der Waals surface area contributed by atoms with Gasteiger partial charge in [-0.25, -0.2) is 0 Å². The van der Waals surface area contributed by atoms with Gasteiger partial charge in [-0.15, -0.1) is 0 Å². The largest absolute Gasteiger partial charge is 0.309 e. The van der Waals surface area contributed by atoms with E-state index in [1.165, 1.54) is 143 Å². The van der Waals surface area contributed by atoms with Crippen LogP contribution in [-0.2, 0) is 5.41 Å². The molecule has 2 aliphatic carbocycles. The molecular formula is C75H46N2. The van der Waals surface area contributed by atoms with Crippen molar-refractivity contribution < 1.29 is 0 Å². The third-order valence-corrected chi connectivity index (χ3v) is 17.3. The molecule has 0 amide bonds. The smallest absolute Gasteiger partial charge is 0.0731 e. The zero-order valence-electron chi connectivity index (χ0n) is 42.0. The normalized spacial score (nSPS) is 13.0. The van der Waals surface area contributed by atoms with Crippen molar-refractivity contribution in [1.29, 1.82) is 0 Å². The molecule has 2 heterocycles. The molecule has 77 heavy (non-hydrogen) atoms. The molecule has 15 aromatic rings. The number of rotatable bonds is 5. The first-order valence-electron chi connectivity index (χ1n) is 26.8. The van der Waals surface area contributed by atoms with Gasteiger partial charge in [0.1, 0.15) is 0 Å². The Balaban J connectivity index is 0.984. The van der Waals surface area contributed by atoms with Crippen molar-refractivity contribution in [3.05, 3.63) is 301 Å². The van der Waals surface area contributed by atoms with Gasteiger partial charge in [-0.05, 0) is 166 Å². The van der Waals surface area contributed by atoms with E-state index in [4.69, 9.17) is 0 Å². The highest BCUT2D eigenvalue weighted by atomic mass is 15.0. The van der Waals surface area contributed by atoms with Gasteiger partial charge in [-0.3, -0.25) is 0 Å². The fourth-order valence-corrected chi connectivity index (χ4v) is 14.3. The molecule has 356 valence electrons. The predicted octanol–water partition coefficient (Wildman–Crippen LogP) is 19.5. The van der Waals surface area contributed by atoms with Crippen LogP contribution in [0.1, 0.15) is 22.3 Å². The van der Waals surface area contributed by atoms with E-state index in [0.29, 0.717) is 0 Å². The van der Waals surface area contributed by atoms with E-state index in [2.05, 4.69) is 288 Å². The number of benzene rings is 13. The maximum absolute atomic E-state index is 2.52. The standard InChI is InChI=1S/C75H46N2/c1-3-20-49(21-4-1)76-69-38-15-10-27-56(69)64-44-47(40-42-71(64)76)51-29-17-31-58-62(51)46-63-52(48-41-43-72-65(45-48)57-28-11-16-39-70(57)77(72)50-22-5-2-6-23-50)30-18-32-59(63)73(58)61-34-19-33-60-55-26-9-14-37-68(55)75(74(60)61)66-35-12-7-24-53(66)54-25-8-13-36-67(54)75/h1-46H. The minimum absolute atomic E-state index is 0.532. The van der Waals surface area contributed by atoms with Gasteiger partial charge >= 0.3 is 0 Å². The van der Waals surface area contributed by atoms with E-state index in [9.17, 15) is 0 Å². The summed E-state index contributed by atoms with van der Waals surface area (Å²) in [5.74, 6) is 0. The van der Waals surface area contributed by atoms with E-state index < -0.39 is 5.41 Å². The van der Waals surface area contributed by atoms with Crippen molar-refractivity contribution in [2.24, 2.45) is 0 Å². The van der Waals surface area contributed by atoms with Crippen molar-refractivity contribution in [1.82, 2.24) is 9.13 Å². The van der Waals surface area contributed by atoms with Gasteiger partial charge in [0, 0.05) is 32.9 Å². The van der Waals surface area contributed by atoms with Gasteiger partial charge in [0.05, 0.1) is 27.5 Å². The first-order valence-corrected chi connectivity index (χ1v) is 26.8. The van der Waals surface area contributed by atoms with Crippen LogP contribution in [0, 0.1) is 0 Å². The van der Waals surface area contributed by atoms with Crippen LogP contribution in [-0.4, -0.2) is 9.13 Å². The molecule has 2 aliphatic rings. The first kappa shape index (κ1) is 42.3. The topological polar surface area (TPSA) is 9.86 Å². The zero-order chi connectivity index (χ0) is 50.3. The Kier molecular flexibility index (Phi) is 8.80. The van der Waals surface area contributed by atoms with Crippen LogP contribution in [0.2, 0.25) is 0 Å². The van der Waals surface area contributed by atoms with Crippen LogP contribution in [0.5, 0.6) is 0 Å². The summed E-state index contributed by atoms with van der Waals surface area (Å²) in [7, 11) is 0. The molecule has 1 spiro atoms. The molecule has 0 saturated heterocycles. The Bertz CT molecular complexity index is 4700. The molecule has 0 radical (unpaired) electrons. The highest BCUT2D eigenvalue weighted by Gasteiger charge is 2.52. The van der Waals surface area contributed by atoms with E-state index in [1.807, 2.05) is 0 Å². The quantitative estimate of drug-likeness (QED) is 0.152. The minimum Gasteiger partial charge on any atom is -0.309 e. The van der Waals surface area contributed by atoms with Crippen LogP contribution in [0.15, 0.2) is 279 Å². The summed E-state index contributed by atoms with van der Waals surface area (Å²) in [5, 5.41) is 9.89. The second kappa shape index (κ2) is 16.0. The lowest BCUT2D eigenvalue weighted by Gasteiger charge is -2.32. The molecule has 0 fully saturated rings. The summed E-state index contributed by atoms with van der Waals surface area (Å²) >= 11 is 0. The van der Waals surface area contributed by atoms with E-state index in [0.717, 1.165) is 11.4 Å². The molecule has 0 unspecified atom stereocenters. The molecule has 0 N–H and O–H groups in total. The third-order valence-electron chi connectivity index (χ3n) is 17.3. The van der Waals surface area contributed by atoms with E-state index in [-0.39, 0.29) is 0 Å². The first-order chi connectivity index (χ1) is 38.2. The van der Waals surface area contributed by atoms with Crippen LogP contribution < -0.4 is 0 Å². The van der Waals surface area contributed by atoms with Crippen molar-refractivity contribution >= 4 is 65.2 Å². The lowest BCUT2D eigenvalue weighted by molar-refractivity contribution is 0.796. The monoisotopic (exact) mass is 974 g/mol. The van der Waals surface area contributed by atoms with Crippen molar-refractivity contribution in [2.75, 3.05) is 0 Å². The van der Waals surface area contributed by atoms with Crippen molar-refractivity contribution in [2.45, 2.75) is 5.41 Å². The van der Waals surface area contributed by atoms with Crippen LogP contribution in [0.4, 0.5) is 0 Å². The Labute approximate surface area is 445 Å². The maximum atomic E-state index is 2.52. The highest BCUT2D eigenvalue weighted by molar-refractivity contribution is 6.21. The number of fused-ring (bicyclic) bond motifs is 18. The Morgan fingerprint density at radius 2 is 0.584 bits per heavy atom. The fraction of sp³-hybridized carbons (Fsp3) is 0.0133. The number of para-hydroxylation sites is 4. The molecule has 17 rings (SSSR count). The SMILES string of the molecule is c1ccc(-n2c3ccccc3c3cc(-c4cccc5c(-c6cccc7c6C6(c8ccccc8-c8ccccc86)c6ccccc6-7)c6cccc(-c7ccc8c(c7)c7ccccc7n8-c7ccccc7)c6cc45)ccc32)cc1. The second-order valence-corrected chi connectivity index (χ2v) is 21.0. The lowest BCUT2D eigenvalue weighted by Crippen LogP contribution is -2.26. The van der Waals surface area contributed by atoms with Crippen molar-refractivity contribution in [3.63, 3.8) is 0 Å². The summed E-state index contributed by atoms with van der Waals surface area (Å²) in [4.78, 5) is 0. The molecule has 2 nitrogen and oxygen atoms in total. The molecular weight excluding hydrogens is 929 g/mol. The van der Waals surface area contributed by atoms with Gasteiger partial charge in [0.15, 0.2) is 0 Å². The molecule has 2 aromatic heterocycles. The van der Waals surface area contributed by atoms with Crippen molar-refractivity contribution in [3.8, 4) is 67.0 Å². The molecule has 0 bridgehead atoms. The number of nitrogens with zero attached hydrogens (tertiary/aromatic N) is 2. The highest BCUT2D eigenvalue weighted by Crippen LogP contribution is 2.65. The zero-order valence-corrected chi connectivity index (χ0v) is 42.0. The average Bonchev–Trinajstić information content (AvgIpc) is 4.19. The summed E-state index contributed by atoms with van der Waals surface area (Å²) in [6.45, 7) is 0. The number of aromatic nitrogens is 2. The average molecular weight is 975 g/mol. The molecule has 13 aromatic carbocycles. The number of hydrogen-bond donors (Lipinski definition) is 0. The fourth-order valence-electron chi connectivity index (χ4n) is 14.3. The molecule has 2 heteroatoms. The lowest BCUT2D eigenvalue weighted by atomic mass is 9.68. The van der Waals surface area contributed by atoms with Crippen LogP contribution in [0.25, 0.3) is 132 Å².